The molecule has 2 aromatic rings. The van der Waals surface area contributed by atoms with Crippen molar-refractivity contribution >= 4 is 11.6 Å². The number of fused-ring (bicyclic) bond motifs is 1. The Morgan fingerprint density at radius 3 is 3.00 bits per heavy atom. The summed E-state index contributed by atoms with van der Waals surface area (Å²) in [6, 6.07) is 8.68. The van der Waals surface area contributed by atoms with Gasteiger partial charge in [-0.15, -0.1) is 0 Å². The second-order valence-corrected chi connectivity index (χ2v) is 5.87. The topological polar surface area (TPSA) is 86.5 Å². The molecular weight excluding hydrogens is 306 g/mol. The van der Waals surface area contributed by atoms with Gasteiger partial charge in [0.05, 0.1) is 24.5 Å². The summed E-state index contributed by atoms with van der Waals surface area (Å²) in [5.41, 5.74) is 7.34. The highest BCUT2D eigenvalue weighted by Gasteiger charge is 2.24. The number of pyridine rings is 1. The predicted octanol–water partition coefficient (Wildman–Crippen LogP) is 3.05. The van der Waals surface area contributed by atoms with E-state index in [9.17, 15) is 4.79 Å². The van der Waals surface area contributed by atoms with Crippen molar-refractivity contribution in [2.45, 2.75) is 32.2 Å². The summed E-state index contributed by atoms with van der Waals surface area (Å²) in [5.74, 6) is 2.12. The second kappa shape index (κ2) is 6.88. The number of ether oxygens (including phenoxy) is 2. The molecule has 126 valence electrons. The molecule has 0 bridgehead atoms. The van der Waals surface area contributed by atoms with E-state index < -0.39 is 6.04 Å². The first-order valence-corrected chi connectivity index (χ1v) is 8.04. The van der Waals surface area contributed by atoms with Crippen LogP contribution in [0.3, 0.4) is 0 Å². The molecule has 24 heavy (non-hydrogen) atoms. The molecule has 1 aromatic heterocycles. The molecular formula is C18H21N3O3. The largest absolute Gasteiger partial charge is 0.493 e. The van der Waals surface area contributed by atoms with Gasteiger partial charge in [0.15, 0.2) is 0 Å². The highest BCUT2D eigenvalue weighted by Crippen LogP contribution is 2.41. The third-order valence-electron chi connectivity index (χ3n) is 4.00. The maximum atomic E-state index is 11.8. The van der Waals surface area contributed by atoms with Gasteiger partial charge in [-0.2, -0.15) is 0 Å². The average molecular weight is 327 g/mol. The molecule has 1 unspecified atom stereocenters. The molecule has 1 aliphatic rings. The number of nitrogens with one attached hydrogen (secondary N) is 1. The molecule has 2 heterocycles. The Balaban J connectivity index is 1.72. The first-order chi connectivity index (χ1) is 11.6. The molecule has 6 nitrogen and oxygen atoms in total. The van der Waals surface area contributed by atoms with Crippen LogP contribution in [-0.4, -0.2) is 23.5 Å². The zero-order valence-electron chi connectivity index (χ0n) is 13.8. The number of nitrogens with two attached hydrogens (primary N) is 1. The van der Waals surface area contributed by atoms with Gasteiger partial charge in [-0.3, -0.25) is 4.79 Å². The molecule has 0 saturated carbocycles. The van der Waals surface area contributed by atoms with E-state index in [1.165, 1.54) is 0 Å². The van der Waals surface area contributed by atoms with Gasteiger partial charge in [0.25, 0.3) is 0 Å². The number of rotatable bonds is 5. The summed E-state index contributed by atoms with van der Waals surface area (Å²) in [7, 11) is 0. The number of hydrogen-bond donors (Lipinski definition) is 2. The van der Waals surface area contributed by atoms with Gasteiger partial charge in [-0.1, -0.05) is 19.9 Å². The van der Waals surface area contributed by atoms with Crippen molar-refractivity contribution in [2.75, 3.05) is 11.9 Å². The van der Waals surface area contributed by atoms with E-state index in [-0.39, 0.29) is 11.8 Å². The molecule has 0 fully saturated rings. The van der Waals surface area contributed by atoms with Crippen molar-refractivity contribution in [1.29, 1.82) is 0 Å². The Hall–Kier alpha value is -2.60. The molecule has 6 heteroatoms. The van der Waals surface area contributed by atoms with Crippen LogP contribution in [0.4, 0.5) is 5.69 Å². The highest BCUT2D eigenvalue weighted by molar-refractivity contribution is 5.94. The fraction of sp³-hybridized carbons (Fsp3) is 0.333. The van der Waals surface area contributed by atoms with E-state index in [0.717, 1.165) is 17.1 Å². The fourth-order valence-electron chi connectivity index (χ4n) is 2.57. The van der Waals surface area contributed by atoms with Crippen molar-refractivity contribution in [2.24, 2.45) is 5.73 Å². The van der Waals surface area contributed by atoms with E-state index in [1.54, 1.807) is 18.3 Å². The Labute approximate surface area is 141 Å². The molecule has 1 amide bonds. The number of anilines is 1. The minimum atomic E-state index is -0.519. The summed E-state index contributed by atoms with van der Waals surface area (Å²) in [6.07, 6.45) is 2.14. The number of benzene rings is 1. The summed E-state index contributed by atoms with van der Waals surface area (Å²) in [5, 5.41) is 2.73. The number of amides is 1. The third kappa shape index (κ3) is 3.33. The fourth-order valence-corrected chi connectivity index (χ4v) is 2.57. The lowest BCUT2D eigenvalue weighted by molar-refractivity contribution is -0.117. The molecule has 0 radical (unpaired) electrons. The lowest BCUT2D eigenvalue weighted by atomic mass is 10.0. The van der Waals surface area contributed by atoms with Crippen LogP contribution in [0.5, 0.6) is 17.4 Å². The molecule has 0 aliphatic carbocycles. The van der Waals surface area contributed by atoms with Crippen molar-refractivity contribution in [1.82, 2.24) is 4.98 Å². The average Bonchev–Trinajstić information content (AvgIpc) is 2.98. The van der Waals surface area contributed by atoms with Crippen LogP contribution in [0.25, 0.3) is 0 Å². The number of hydrogen-bond acceptors (Lipinski definition) is 5. The Bertz CT molecular complexity index is 731. The highest BCUT2D eigenvalue weighted by atomic mass is 16.5. The molecule has 2 atom stereocenters. The number of carbonyl (C=O) groups is 1. The molecule has 1 aromatic carbocycles. The lowest BCUT2D eigenvalue weighted by Crippen LogP contribution is -2.34. The van der Waals surface area contributed by atoms with Gasteiger partial charge in [0, 0.05) is 17.5 Å². The van der Waals surface area contributed by atoms with Gasteiger partial charge in [0.2, 0.25) is 11.8 Å². The van der Waals surface area contributed by atoms with Gasteiger partial charge in [-0.05, 0) is 24.6 Å². The number of aromatic nitrogens is 1. The summed E-state index contributed by atoms with van der Waals surface area (Å²) >= 11 is 0. The van der Waals surface area contributed by atoms with Crippen LogP contribution in [0.15, 0.2) is 36.5 Å². The lowest BCUT2D eigenvalue weighted by Gasteiger charge is -2.12. The van der Waals surface area contributed by atoms with Crippen molar-refractivity contribution in [3.8, 4) is 17.4 Å². The van der Waals surface area contributed by atoms with Crippen molar-refractivity contribution in [3.05, 3.63) is 42.1 Å². The van der Waals surface area contributed by atoms with Gasteiger partial charge in [-0.25, -0.2) is 4.98 Å². The van der Waals surface area contributed by atoms with E-state index in [4.69, 9.17) is 15.2 Å². The van der Waals surface area contributed by atoms with E-state index >= 15 is 0 Å². The first-order valence-electron chi connectivity index (χ1n) is 8.04. The van der Waals surface area contributed by atoms with Crippen LogP contribution in [-0.2, 0) is 4.79 Å². The Morgan fingerprint density at radius 1 is 1.46 bits per heavy atom. The van der Waals surface area contributed by atoms with E-state index in [0.29, 0.717) is 24.6 Å². The van der Waals surface area contributed by atoms with Crippen molar-refractivity contribution < 1.29 is 14.3 Å². The maximum Gasteiger partial charge on any atom is 0.241 e. The quantitative estimate of drug-likeness (QED) is 0.881. The van der Waals surface area contributed by atoms with Crippen LogP contribution < -0.4 is 20.5 Å². The first kappa shape index (κ1) is 16.3. The Morgan fingerprint density at radius 2 is 2.29 bits per heavy atom. The maximum absolute atomic E-state index is 11.8. The monoisotopic (exact) mass is 327 g/mol. The smallest absolute Gasteiger partial charge is 0.241 e. The van der Waals surface area contributed by atoms with E-state index in [1.807, 2.05) is 25.1 Å². The zero-order valence-corrected chi connectivity index (χ0v) is 13.8. The predicted molar refractivity (Wildman–Crippen MR) is 91.6 cm³/mol. The minimum absolute atomic E-state index is 0.222. The summed E-state index contributed by atoms with van der Waals surface area (Å²) in [4.78, 5) is 16.0. The molecule has 1 aliphatic heterocycles. The molecule has 3 rings (SSSR count). The summed E-state index contributed by atoms with van der Waals surface area (Å²) in [6.45, 7) is 4.62. The minimum Gasteiger partial charge on any atom is -0.493 e. The van der Waals surface area contributed by atoms with Gasteiger partial charge in [0.1, 0.15) is 11.5 Å². The van der Waals surface area contributed by atoms with Crippen LogP contribution in [0.2, 0.25) is 0 Å². The molecule has 0 saturated heterocycles. The van der Waals surface area contributed by atoms with Crippen LogP contribution in [0.1, 0.15) is 31.7 Å². The van der Waals surface area contributed by atoms with E-state index in [2.05, 4.69) is 17.2 Å². The molecule has 3 N–H and O–H groups in total. The standard InChI is InChI=1S/C18H21N3O3/c1-3-13(19)18(22)21-12-7-8-16(20-9-12)24-15-6-4-5-14-17(15)11(2)10-23-14/h4-9,11,13H,3,10,19H2,1-2H3,(H,21,22)/t11?,13-/m1/s1. The normalized spacial score (nSPS) is 16.9. The zero-order chi connectivity index (χ0) is 17.1. The van der Waals surface area contributed by atoms with Crippen molar-refractivity contribution in [3.63, 3.8) is 0 Å². The molecule has 0 spiro atoms. The second-order valence-electron chi connectivity index (χ2n) is 5.87. The van der Waals surface area contributed by atoms with Gasteiger partial charge < -0.3 is 20.5 Å². The third-order valence-corrected chi connectivity index (χ3v) is 4.00. The Kier molecular flexibility index (Phi) is 4.66. The summed E-state index contributed by atoms with van der Waals surface area (Å²) < 4.78 is 11.5. The number of nitrogens with zero attached hydrogens (tertiary/aromatic N) is 1. The van der Waals surface area contributed by atoms with Crippen LogP contribution in [0, 0.1) is 0 Å². The van der Waals surface area contributed by atoms with Crippen LogP contribution >= 0.6 is 0 Å². The number of carbonyl (C=O) groups excluding carboxylic acids is 1. The SMILES string of the molecule is CC[C@@H](N)C(=O)Nc1ccc(Oc2cccc3c2C(C)CO3)nc1. The van der Waals surface area contributed by atoms with Gasteiger partial charge >= 0.3 is 0 Å².